The molecule has 0 spiro atoms. The number of hydrogen-bond donors (Lipinski definition) is 0. The Balaban J connectivity index is 1.34. The van der Waals surface area contributed by atoms with Crippen LogP contribution in [-0.2, 0) is 9.53 Å². The Morgan fingerprint density at radius 2 is 1.67 bits per heavy atom. The van der Waals surface area contributed by atoms with Crippen LogP contribution in [0.2, 0.25) is 0 Å². The molecule has 1 saturated carbocycles. The van der Waals surface area contributed by atoms with Crippen LogP contribution in [0.15, 0.2) is 24.3 Å². The van der Waals surface area contributed by atoms with E-state index in [0.29, 0.717) is 12.5 Å². The van der Waals surface area contributed by atoms with Gasteiger partial charge in [-0.05, 0) is 89.3 Å². The summed E-state index contributed by atoms with van der Waals surface area (Å²) in [5.41, 5.74) is 0.739. The molecule has 1 aromatic carbocycles. The standard InChI is InChI=1S/C32H48FN3O3/c1-30(2,3)35-19-26(23-11-13-25(33)14-12-23)27(20-35)28(37)34-17-15-32(16-18-34,24-9-7-6-8-10-24)21-36-29(38)39-22-31(36,4)5/h11-14,24,26-27H,6-10,15-22H2,1-5H3/t26-,27?/m0/s1. The zero-order valence-electron chi connectivity index (χ0n) is 24.7. The molecule has 0 aromatic heterocycles. The lowest BCUT2D eigenvalue weighted by atomic mass is 9.63. The van der Waals surface area contributed by atoms with Crippen LogP contribution in [0.1, 0.15) is 91.0 Å². The van der Waals surface area contributed by atoms with E-state index in [-0.39, 0.29) is 46.1 Å². The molecule has 0 bridgehead atoms. The fourth-order valence-corrected chi connectivity index (χ4v) is 7.70. The normalized spacial score (nSPS) is 28.1. The summed E-state index contributed by atoms with van der Waals surface area (Å²) in [4.78, 5) is 33.4. The maximum atomic E-state index is 14.2. The van der Waals surface area contributed by atoms with Crippen molar-refractivity contribution in [2.75, 3.05) is 39.3 Å². The van der Waals surface area contributed by atoms with E-state index in [1.807, 2.05) is 17.0 Å². The Hall–Kier alpha value is -2.15. The van der Waals surface area contributed by atoms with Crippen molar-refractivity contribution in [1.29, 1.82) is 0 Å². The Morgan fingerprint density at radius 1 is 1.03 bits per heavy atom. The van der Waals surface area contributed by atoms with Crippen LogP contribution in [0, 0.1) is 23.1 Å². The molecule has 0 radical (unpaired) electrons. The van der Waals surface area contributed by atoms with Gasteiger partial charge in [-0.3, -0.25) is 14.6 Å². The van der Waals surface area contributed by atoms with Crippen LogP contribution >= 0.6 is 0 Å². The smallest absolute Gasteiger partial charge is 0.410 e. The Kier molecular flexibility index (Phi) is 7.77. The van der Waals surface area contributed by atoms with Crippen LogP contribution in [0.3, 0.4) is 0 Å². The van der Waals surface area contributed by atoms with E-state index in [2.05, 4.69) is 44.4 Å². The molecule has 7 heteroatoms. The van der Waals surface area contributed by atoms with Crippen molar-refractivity contribution in [2.45, 2.75) is 96.6 Å². The first-order chi connectivity index (χ1) is 18.4. The number of piperidine rings is 1. The molecule has 4 fully saturated rings. The summed E-state index contributed by atoms with van der Waals surface area (Å²) in [5.74, 6) is 0.496. The van der Waals surface area contributed by atoms with Gasteiger partial charge in [0.2, 0.25) is 5.91 Å². The summed E-state index contributed by atoms with van der Waals surface area (Å²) in [7, 11) is 0. The molecule has 5 rings (SSSR count). The van der Waals surface area contributed by atoms with Gasteiger partial charge in [0.1, 0.15) is 12.4 Å². The van der Waals surface area contributed by atoms with E-state index in [1.165, 1.54) is 44.2 Å². The topological polar surface area (TPSA) is 53.1 Å². The number of likely N-dealkylation sites (tertiary alicyclic amines) is 2. The third-order valence-corrected chi connectivity index (χ3v) is 10.4. The average Bonchev–Trinajstić information content (AvgIpc) is 3.47. The zero-order valence-corrected chi connectivity index (χ0v) is 24.7. The minimum atomic E-state index is -0.297. The van der Waals surface area contributed by atoms with Gasteiger partial charge in [0.05, 0.1) is 11.5 Å². The van der Waals surface area contributed by atoms with Gasteiger partial charge in [0.25, 0.3) is 0 Å². The lowest BCUT2D eigenvalue weighted by Crippen LogP contribution is -2.55. The summed E-state index contributed by atoms with van der Waals surface area (Å²) in [5, 5.41) is 0. The summed E-state index contributed by atoms with van der Waals surface area (Å²) in [6.45, 7) is 15.0. The van der Waals surface area contributed by atoms with Crippen molar-refractivity contribution in [3.8, 4) is 0 Å². The van der Waals surface area contributed by atoms with Crippen molar-refractivity contribution in [3.63, 3.8) is 0 Å². The van der Waals surface area contributed by atoms with E-state index in [0.717, 1.165) is 51.1 Å². The largest absolute Gasteiger partial charge is 0.447 e. The van der Waals surface area contributed by atoms with Gasteiger partial charge in [0, 0.05) is 44.2 Å². The molecule has 216 valence electrons. The maximum Gasteiger partial charge on any atom is 0.410 e. The number of ether oxygens (including phenoxy) is 1. The number of carbonyl (C=O) groups excluding carboxylic acids is 2. The number of amides is 2. The van der Waals surface area contributed by atoms with Crippen molar-refractivity contribution in [1.82, 2.24) is 14.7 Å². The number of benzene rings is 1. The second-order valence-electron chi connectivity index (χ2n) is 14.3. The number of halogens is 1. The molecule has 2 atom stereocenters. The van der Waals surface area contributed by atoms with Crippen molar-refractivity contribution < 1.29 is 18.7 Å². The lowest BCUT2D eigenvalue weighted by Gasteiger charge is -2.51. The molecule has 2 amide bonds. The molecule has 1 unspecified atom stereocenters. The molecule has 0 N–H and O–H groups in total. The molecule has 6 nitrogen and oxygen atoms in total. The summed E-state index contributed by atoms with van der Waals surface area (Å²) < 4.78 is 19.2. The van der Waals surface area contributed by atoms with E-state index >= 15 is 0 Å². The third kappa shape index (κ3) is 5.71. The van der Waals surface area contributed by atoms with Gasteiger partial charge in [0.15, 0.2) is 0 Å². The number of nitrogens with zero attached hydrogens (tertiary/aromatic N) is 3. The quantitative estimate of drug-likeness (QED) is 0.455. The third-order valence-electron chi connectivity index (χ3n) is 10.4. The van der Waals surface area contributed by atoms with Gasteiger partial charge in [-0.2, -0.15) is 0 Å². The first-order valence-electron chi connectivity index (χ1n) is 15.1. The molecule has 4 aliphatic rings. The Morgan fingerprint density at radius 3 is 2.23 bits per heavy atom. The van der Waals surface area contributed by atoms with E-state index in [1.54, 1.807) is 0 Å². The van der Waals surface area contributed by atoms with Gasteiger partial charge in [-0.15, -0.1) is 0 Å². The number of rotatable bonds is 5. The minimum Gasteiger partial charge on any atom is -0.447 e. The van der Waals surface area contributed by atoms with Crippen LogP contribution < -0.4 is 0 Å². The van der Waals surface area contributed by atoms with Crippen molar-refractivity contribution in [3.05, 3.63) is 35.6 Å². The van der Waals surface area contributed by atoms with Crippen LogP contribution in [-0.4, -0.2) is 77.1 Å². The molecule has 3 saturated heterocycles. The fourth-order valence-electron chi connectivity index (χ4n) is 7.70. The molecule has 1 aromatic rings. The number of hydrogen-bond acceptors (Lipinski definition) is 4. The Labute approximate surface area is 234 Å². The second kappa shape index (κ2) is 10.7. The fraction of sp³-hybridized carbons (Fsp3) is 0.750. The number of cyclic esters (lactones) is 1. The summed E-state index contributed by atoms with van der Waals surface area (Å²) in [6.07, 6.45) is 7.91. The average molecular weight is 542 g/mol. The SMILES string of the molecule is CC(C)(C)N1CC(C(=O)N2CCC(CN3C(=O)OCC3(C)C)(C3CCCCC3)CC2)[C@H](c2ccc(F)cc2)C1. The van der Waals surface area contributed by atoms with Crippen molar-refractivity contribution >= 4 is 12.0 Å². The highest BCUT2D eigenvalue weighted by molar-refractivity contribution is 5.81. The monoisotopic (exact) mass is 541 g/mol. The predicted molar refractivity (Wildman–Crippen MR) is 151 cm³/mol. The summed E-state index contributed by atoms with van der Waals surface area (Å²) in [6, 6.07) is 6.74. The first-order valence-corrected chi connectivity index (χ1v) is 15.1. The van der Waals surface area contributed by atoms with E-state index in [4.69, 9.17) is 4.74 Å². The van der Waals surface area contributed by atoms with E-state index in [9.17, 15) is 14.0 Å². The molecular formula is C32H48FN3O3. The van der Waals surface area contributed by atoms with Gasteiger partial charge >= 0.3 is 6.09 Å². The maximum absolute atomic E-state index is 14.2. The molecule has 3 aliphatic heterocycles. The molecule has 1 aliphatic carbocycles. The van der Waals surface area contributed by atoms with Gasteiger partial charge < -0.3 is 9.64 Å². The second-order valence-corrected chi connectivity index (χ2v) is 14.3. The molecular weight excluding hydrogens is 493 g/mol. The molecule has 39 heavy (non-hydrogen) atoms. The highest BCUT2D eigenvalue weighted by atomic mass is 19.1. The highest BCUT2D eigenvalue weighted by Gasteiger charge is 2.50. The van der Waals surface area contributed by atoms with E-state index < -0.39 is 0 Å². The van der Waals surface area contributed by atoms with Gasteiger partial charge in [-0.25, -0.2) is 9.18 Å². The lowest BCUT2D eigenvalue weighted by molar-refractivity contribution is -0.139. The first kappa shape index (κ1) is 28.4. The highest BCUT2D eigenvalue weighted by Crippen LogP contribution is 2.48. The number of carbonyl (C=O) groups is 2. The Bertz CT molecular complexity index is 1040. The zero-order chi connectivity index (χ0) is 28.0. The summed E-state index contributed by atoms with van der Waals surface area (Å²) >= 11 is 0. The van der Waals surface area contributed by atoms with Crippen LogP contribution in [0.25, 0.3) is 0 Å². The van der Waals surface area contributed by atoms with Gasteiger partial charge in [-0.1, -0.05) is 31.4 Å². The van der Waals surface area contributed by atoms with Crippen molar-refractivity contribution in [2.24, 2.45) is 17.3 Å². The van der Waals surface area contributed by atoms with Crippen LogP contribution in [0.4, 0.5) is 9.18 Å². The predicted octanol–water partition coefficient (Wildman–Crippen LogP) is 6.06. The molecule has 3 heterocycles. The van der Waals surface area contributed by atoms with Crippen LogP contribution in [0.5, 0.6) is 0 Å². The minimum absolute atomic E-state index is 0.0291.